The molecule has 1 amide bonds. The quantitative estimate of drug-likeness (QED) is 0.922. The number of carbonyl (C=O) groups excluding carboxylic acids is 1. The first kappa shape index (κ1) is 16.0. The summed E-state index contributed by atoms with van der Waals surface area (Å²) < 4.78 is 5.68. The van der Waals surface area contributed by atoms with Gasteiger partial charge in [-0.05, 0) is 31.9 Å². The van der Waals surface area contributed by atoms with Crippen molar-refractivity contribution < 1.29 is 9.53 Å². The maximum atomic E-state index is 12.5. The monoisotopic (exact) mass is 311 g/mol. The number of nitrogens with zero attached hydrogens (tertiary/aromatic N) is 2. The van der Waals surface area contributed by atoms with Crippen molar-refractivity contribution in [2.75, 3.05) is 13.1 Å². The van der Waals surface area contributed by atoms with Gasteiger partial charge in [-0.3, -0.25) is 9.78 Å². The van der Waals surface area contributed by atoms with Gasteiger partial charge in [0.15, 0.2) is 6.10 Å². The fourth-order valence-corrected chi connectivity index (χ4v) is 3.11. The second kappa shape index (κ2) is 7.09. The first-order valence-electron chi connectivity index (χ1n) is 7.34. The zero-order chi connectivity index (χ0) is 13.9. The number of hydrogen-bond acceptors (Lipinski definition) is 4. The minimum absolute atomic E-state index is 0. The van der Waals surface area contributed by atoms with Crippen molar-refractivity contribution in [1.82, 2.24) is 15.2 Å². The van der Waals surface area contributed by atoms with Gasteiger partial charge in [0.2, 0.25) is 0 Å². The van der Waals surface area contributed by atoms with Crippen molar-refractivity contribution in [1.29, 1.82) is 0 Å². The van der Waals surface area contributed by atoms with E-state index in [1.807, 2.05) is 24.0 Å². The predicted molar refractivity (Wildman–Crippen MR) is 82.7 cm³/mol. The van der Waals surface area contributed by atoms with Crippen molar-refractivity contribution in [2.24, 2.45) is 0 Å². The molecule has 116 valence electrons. The van der Waals surface area contributed by atoms with E-state index in [9.17, 15) is 4.79 Å². The normalized spacial score (nSPS) is 25.7. The Hall–Kier alpha value is -1.33. The molecule has 1 aromatic heterocycles. The highest BCUT2D eigenvalue weighted by Gasteiger charge is 2.34. The van der Waals surface area contributed by atoms with Crippen molar-refractivity contribution in [3.63, 3.8) is 0 Å². The molecule has 2 saturated heterocycles. The van der Waals surface area contributed by atoms with Gasteiger partial charge in [0, 0.05) is 31.4 Å². The van der Waals surface area contributed by atoms with E-state index < -0.39 is 6.10 Å². The highest BCUT2D eigenvalue weighted by molar-refractivity contribution is 5.85. The van der Waals surface area contributed by atoms with Gasteiger partial charge in [0.05, 0.1) is 6.20 Å². The average molecular weight is 312 g/mol. The molecular weight excluding hydrogens is 290 g/mol. The summed E-state index contributed by atoms with van der Waals surface area (Å²) in [6, 6.07) is 4.54. The SMILES string of the molecule is CC(Oc1cccnc1)C(=O)N1CC2CCCC(C1)N2.Cl. The standard InChI is InChI=1S/C15H21N3O2.ClH/c1-11(20-14-6-3-7-16-8-14)15(19)18-9-12-4-2-5-13(10-18)17-12;/h3,6-8,11-13,17H,2,4-5,9-10H2,1H3;1H. The highest BCUT2D eigenvalue weighted by Crippen LogP contribution is 2.20. The van der Waals surface area contributed by atoms with Gasteiger partial charge in [-0.2, -0.15) is 0 Å². The number of piperidine rings is 1. The van der Waals surface area contributed by atoms with Crippen LogP contribution in [0.15, 0.2) is 24.5 Å². The Kier molecular flexibility index (Phi) is 5.42. The zero-order valence-corrected chi connectivity index (χ0v) is 13.0. The number of fused-ring (bicyclic) bond motifs is 2. The molecule has 0 spiro atoms. The summed E-state index contributed by atoms with van der Waals surface area (Å²) >= 11 is 0. The van der Waals surface area contributed by atoms with Crippen LogP contribution < -0.4 is 10.1 Å². The number of likely N-dealkylation sites (tertiary alicyclic amines) is 1. The number of pyridine rings is 1. The molecule has 3 heterocycles. The van der Waals surface area contributed by atoms with Gasteiger partial charge in [0.1, 0.15) is 5.75 Å². The lowest BCUT2D eigenvalue weighted by atomic mass is 9.94. The Morgan fingerprint density at radius 1 is 1.43 bits per heavy atom. The number of rotatable bonds is 3. The maximum absolute atomic E-state index is 12.5. The average Bonchev–Trinajstić information content (AvgIpc) is 2.47. The molecule has 1 N–H and O–H groups in total. The lowest BCUT2D eigenvalue weighted by molar-refractivity contribution is -0.140. The fourth-order valence-electron chi connectivity index (χ4n) is 3.11. The molecule has 3 unspecified atom stereocenters. The van der Waals surface area contributed by atoms with Crippen LogP contribution in [0, 0.1) is 0 Å². The molecule has 21 heavy (non-hydrogen) atoms. The number of halogens is 1. The summed E-state index contributed by atoms with van der Waals surface area (Å²) in [6.45, 7) is 3.42. The Morgan fingerprint density at radius 3 is 2.76 bits per heavy atom. The summed E-state index contributed by atoms with van der Waals surface area (Å²) in [5.41, 5.74) is 0. The van der Waals surface area contributed by atoms with Crippen molar-refractivity contribution >= 4 is 18.3 Å². The second-order valence-electron chi connectivity index (χ2n) is 5.68. The van der Waals surface area contributed by atoms with Crippen LogP contribution in [0.2, 0.25) is 0 Å². The zero-order valence-electron chi connectivity index (χ0n) is 12.2. The molecule has 1 aromatic rings. The van der Waals surface area contributed by atoms with Gasteiger partial charge in [-0.1, -0.05) is 6.42 Å². The van der Waals surface area contributed by atoms with Crippen LogP contribution >= 0.6 is 12.4 Å². The Bertz CT molecular complexity index is 459. The third kappa shape index (κ3) is 3.86. The van der Waals surface area contributed by atoms with Crippen LogP contribution in [-0.4, -0.2) is 47.1 Å². The summed E-state index contributed by atoms with van der Waals surface area (Å²) in [4.78, 5) is 18.4. The molecule has 2 fully saturated rings. The molecule has 0 saturated carbocycles. The minimum atomic E-state index is -0.460. The molecule has 5 nitrogen and oxygen atoms in total. The highest BCUT2D eigenvalue weighted by atomic mass is 35.5. The number of nitrogens with one attached hydrogen (secondary N) is 1. The Morgan fingerprint density at radius 2 is 2.14 bits per heavy atom. The topological polar surface area (TPSA) is 54.5 Å². The largest absolute Gasteiger partial charge is 0.479 e. The number of carbonyl (C=O) groups is 1. The molecule has 2 aliphatic rings. The number of amides is 1. The van der Waals surface area contributed by atoms with Crippen molar-refractivity contribution in [3.8, 4) is 5.75 Å². The van der Waals surface area contributed by atoms with E-state index in [2.05, 4.69) is 10.3 Å². The van der Waals surface area contributed by atoms with Crippen LogP contribution in [0.4, 0.5) is 0 Å². The Labute approximate surface area is 131 Å². The first-order chi connectivity index (χ1) is 9.72. The molecule has 2 bridgehead atoms. The number of hydrogen-bond donors (Lipinski definition) is 1. The van der Waals surface area contributed by atoms with Gasteiger partial charge in [0.25, 0.3) is 5.91 Å². The molecular formula is C15H22ClN3O2. The van der Waals surface area contributed by atoms with E-state index in [4.69, 9.17) is 4.74 Å². The van der Waals surface area contributed by atoms with Crippen LogP contribution in [0.25, 0.3) is 0 Å². The molecule has 0 aliphatic carbocycles. The van der Waals surface area contributed by atoms with E-state index >= 15 is 0 Å². The molecule has 6 heteroatoms. The van der Waals surface area contributed by atoms with Crippen LogP contribution in [0.5, 0.6) is 5.75 Å². The molecule has 3 rings (SSSR count). The van der Waals surface area contributed by atoms with E-state index in [1.165, 1.54) is 6.42 Å². The molecule has 0 radical (unpaired) electrons. The number of piperazine rings is 1. The molecule has 3 atom stereocenters. The van der Waals surface area contributed by atoms with Gasteiger partial charge >= 0.3 is 0 Å². The lowest BCUT2D eigenvalue weighted by Crippen LogP contribution is -2.61. The Balaban J connectivity index is 0.00000161. The van der Waals surface area contributed by atoms with E-state index in [-0.39, 0.29) is 18.3 Å². The number of aromatic nitrogens is 1. The smallest absolute Gasteiger partial charge is 0.263 e. The third-order valence-electron chi connectivity index (χ3n) is 4.06. The minimum Gasteiger partial charge on any atom is -0.479 e. The van der Waals surface area contributed by atoms with Crippen LogP contribution in [0.1, 0.15) is 26.2 Å². The van der Waals surface area contributed by atoms with E-state index in [0.29, 0.717) is 17.8 Å². The van der Waals surface area contributed by atoms with Crippen molar-refractivity contribution in [3.05, 3.63) is 24.5 Å². The van der Waals surface area contributed by atoms with E-state index in [0.717, 1.165) is 25.9 Å². The fraction of sp³-hybridized carbons (Fsp3) is 0.600. The summed E-state index contributed by atoms with van der Waals surface area (Å²) in [7, 11) is 0. The lowest BCUT2D eigenvalue weighted by Gasteiger charge is -2.43. The van der Waals surface area contributed by atoms with Crippen LogP contribution in [0.3, 0.4) is 0 Å². The third-order valence-corrected chi connectivity index (χ3v) is 4.06. The van der Waals surface area contributed by atoms with Gasteiger partial charge < -0.3 is 15.0 Å². The van der Waals surface area contributed by atoms with Crippen LogP contribution in [-0.2, 0) is 4.79 Å². The van der Waals surface area contributed by atoms with Gasteiger partial charge in [-0.15, -0.1) is 12.4 Å². The summed E-state index contributed by atoms with van der Waals surface area (Å²) in [5.74, 6) is 0.718. The predicted octanol–water partition coefficient (Wildman–Crippen LogP) is 1.62. The molecule has 2 aliphatic heterocycles. The second-order valence-corrected chi connectivity index (χ2v) is 5.68. The first-order valence-corrected chi connectivity index (χ1v) is 7.34. The molecule has 0 aromatic carbocycles. The number of ether oxygens (including phenoxy) is 1. The summed E-state index contributed by atoms with van der Waals surface area (Å²) in [6.07, 6.45) is 6.47. The maximum Gasteiger partial charge on any atom is 0.263 e. The van der Waals surface area contributed by atoms with Gasteiger partial charge in [-0.25, -0.2) is 0 Å². The van der Waals surface area contributed by atoms with E-state index in [1.54, 1.807) is 12.4 Å². The van der Waals surface area contributed by atoms with Crippen molar-refractivity contribution in [2.45, 2.75) is 44.4 Å². The summed E-state index contributed by atoms with van der Waals surface area (Å²) in [5, 5.41) is 3.58.